The van der Waals surface area contributed by atoms with Crippen LogP contribution in [0.4, 0.5) is 22.7 Å². The number of anilines is 4. The standard InChI is InChI=1S/C64H62N4/c1-45-17-16-24-55(41-45)66(57-38-40-64-59(44-57)58-25-10-5-11-28-63(58)67(64)52-22-8-4-9-23-52)54-35-31-48(32-36-54)47-29-33-53(34-30-47)65(51-20-6-3-7-21-51)56-37-39-62-50(43-56)42-49-19-13-15-27-61(49)68(62)60-26-14-12-18-46(60)2/h4,6,8,10-17,19-22,24-29,31-40,43-47,49,61H,3,5,7,9,18,23,30,41-42H2,1-2H3. The van der Waals surface area contributed by atoms with Crippen LogP contribution in [0, 0.1) is 17.8 Å². The lowest BCUT2D eigenvalue weighted by Gasteiger charge is -2.46. The van der Waals surface area contributed by atoms with Gasteiger partial charge in [0.25, 0.3) is 0 Å². The summed E-state index contributed by atoms with van der Waals surface area (Å²) in [5, 5.41) is 1.30. The van der Waals surface area contributed by atoms with Gasteiger partial charge in [-0.1, -0.05) is 129 Å². The van der Waals surface area contributed by atoms with E-state index in [-0.39, 0.29) is 0 Å². The van der Waals surface area contributed by atoms with Gasteiger partial charge in [-0.3, -0.25) is 0 Å². The van der Waals surface area contributed by atoms with Crippen LogP contribution >= 0.6 is 0 Å². The van der Waals surface area contributed by atoms with E-state index in [0.29, 0.717) is 29.7 Å². The molecule has 0 fully saturated rings. The average Bonchev–Trinajstić information content (AvgIpc) is 3.49. The van der Waals surface area contributed by atoms with Crippen molar-refractivity contribution in [3.63, 3.8) is 0 Å². The van der Waals surface area contributed by atoms with Gasteiger partial charge < -0.3 is 19.3 Å². The first-order valence-corrected chi connectivity index (χ1v) is 25.4. The molecule has 7 aliphatic carbocycles. The van der Waals surface area contributed by atoms with E-state index in [2.05, 4.69) is 234 Å². The third kappa shape index (κ3) is 7.84. The SMILES string of the molecule is CC1C=CC=C(N(c2ccc(C3C=CC(N(C4=CCCC=C4)c4ccc5c(c4)CC4C=CC=CC4N5C4=CC=CCC4C)=CC3)cc2)c2ccc3c(c2)c2c(n3C3=CC=CCC3)C=CCC=C2)C1. The van der Waals surface area contributed by atoms with Crippen molar-refractivity contribution in [2.24, 2.45) is 17.8 Å². The molecule has 68 heavy (non-hydrogen) atoms. The van der Waals surface area contributed by atoms with E-state index in [9.17, 15) is 0 Å². The normalized spacial score (nSPS) is 24.4. The zero-order valence-electron chi connectivity index (χ0n) is 39.6. The minimum atomic E-state index is 0.297. The van der Waals surface area contributed by atoms with Gasteiger partial charge in [0.15, 0.2) is 0 Å². The molecule has 0 saturated heterocycles. The Labute approximate surface area is 403 Å². The molecular weight excluding hydrogens is 825 g/mol. The highest BCUT2D eigenvalue weighted by Gasteiger charge is 2.36. The lowest BCUT2D eigenvalue weighted by atomic mass is 9.81. The second-order valence-corrected chi connectivity index (χ2v) is 19.9. The van der Waals surface area contributed by atoms with Gasteiger partial charge in [0.2, 0.25) is 0 Å². The van der Waals surface area contributed by atoms with Gasteiger partial charge in [-0.25, -0.2) is 0 Å². The smallest absolute Gasteiger partial charge is 0.0588 e. The summed E-state index contributed by atoms with van der Waals surface area (Å²) in [4.78, 5) is 7.67. The fourth-order valence-corrected chi connectivity index (χ4v) is 11.9. The monoisotopic (exact) mass is 886 g/mol. The van der Waals surface area contributed by atoms with Crippen LogP contribution in [0.25, 0.3) is 28.8 Å². The molecule has 0 radical (unpaired) electrons. The van der Waals surface area contributed by atoms with Gasteiger partial charge in [-0.15, -0.1) is 0 Å². The van der Waals surface area contributed by atoms with Crippen LogP contribution in [0.3, 0.4) is 0 Å². The van der Waals surface area contributed by atoms with Crippen LogP contribution in [0.2, 0.25) is 0 Å². The third-order valence-corrected chi connectivity index (χ3v) is 15.3. The maximum Gasteiger partial charge on any atom is 0.0588 e. The van der Waals surface area contributed by atoms with Crippen molar-refractivity contribution in [1.29, 1.82) is 0 Å². The van der Waals surface area contributed by atoms with Crippen molar-refractivity contribution in [3.05, 3.63) is 233 Å². The number of fused-ring (bicyclic) bond motifs is 5. The number of rotatable bonds is 9. The number of nitrogens with zero attached hydrogens (tertiary/aromatic N) is 4. The van der Waals surface area contributed by atoms with E-state index in [1.54, 1.807) is 0 Å². The van der Waals surface area contributed by atoms with E-state index in [1.165, 1.54) is 84.5 Å². The van der Waals surface area contributed by atoms with Gasteiger partial charge in [-0.05, 0) is 166 Å². The molecule has 1 aromatic heterocycles. The Morgan fingerprint density at radius 1 is 0.603 bits per heavy atom. The summed E-state index contributed by atoms with van der Waals surface area (Å²) in [7, 11) is 0. The van der Waals surface area contributed by atoms with Crippen molar-refractivity contribution >= 4 is 51.5 Å². The Bertz CT molecular complexity index is 3100. The molecule has 4 nitrogen and oxygen atoms in total. The molecule has 3 aromatic carbocycles. The third-order valence-electron chi connectivity index (χ3n) is 15.3. The number of hydrogen-bond donors (Lipinski definition) is 0. The maximum absolute atomic E-state index is 2.65. The molecular formula is C64H62N4. The van der Waals surface area contributed by atoms with Gasteiger partial charge in [0, 0.05) is 74.0 Å². The van der Waals surface area contributed by atoms with Crippen molar-refractivity contribution in [1.82, 2.24) is 4.57 Å². The molecule has 338 valence electrons. The highest BCUT2D eigenvalue weighted by Crippen LogP contribution is 2.46. The molecule has 2 heterocycles. The summed E-state index contributed by atoms with van der Waals surface area (Å²) in [6, 6.07) is 24.2. The van der Waals surface area contributed by atoms with Gasteiger partial charge >= 0.3 is 0 Å². The van der Waals surface area contributed by atoms with Crippen LogP contribution < -0.4 is 14.7 Å². The predicted octanol–water partition coefficient (Wildman–Crippen LogP) is 16.5. The van der Waals surface area contributed by atoms with E-state index in [0.717, 1.165) is 57.8 Å². The summed E-state index contributed by atoms with van der Waals surface area (Å²) in [5.41, 5.74) is 18.3. The molecule has 0 bridgehead atoms. The van der Waals surface area contributed by atoms with Gasteiger partial charge in [0.05, 0.1) is 17.3 Å². The fraction of sp³-hybridized carbons (Fsp3) is 0.250. The quantitative estimate of drug-likeness (QED) is 0.166. The number of benzene rings is 3. The molecule has 5 atom stereocenters. The Hall–Kier alpha value is -7.04. The molecule has 4 aromatic rings. The first kappa shape index (κ1) is 42.3. The summed E-state index contributed by atoms with van der Waals surface area (Å²) in [6.45, 7) is 4.70. The Kier molecular flexibility index (Phi) is 11.3. The zero-order chi connectivity index (χ0) is 45.6. The zero-order valence-corrected chi connectivity index (χ0v) is 39.6. The van der Waals surface area contributed by atoms with E-state index < -0.39 is 0 Å². The molecule has 0 spiro atoms. The van der Waals surface area contributed by atoms with Crippen molar-refractivity contribution in [2.45, 2.75) is 83.6 Å². The van der Waals surface area contributed by atoms with E-state index in [1.807, 2.05) is 0 Å². The molecule has 5 unspecified atom stereocenters. The van der Waals surface area contributed by atoms with Crippen molar-refractivity contribution in [2.75, 3.05) is 14.7 Å². The molecule has 12 rings (SSSR count). The summed E-state index contributed by atoms with van der Waals surface area (Å²) < 4.78 is 2.50. The van der Waals surface area contributed by atoms with Gasteiger partial charge in [-0.2, -0.15) is 0 Å². The van der Waals surface area contributed by atoms with Gasteiger partial charge in [0.1, 0.15) is 0 Å². The van der Waals surface area contributed by atoms with Crippen molar-refractivity contribution in [3.8, 4) is 0 Å². The van der Waals surface area contributed by atoms with Crippen LogP contribution in [0.15, 0.2) is 211 Å². The second-order valence-electron chi connectivity index (χ2n) is 19.9. The second kappa shape index (κ2) is 18.2. The topological polar surface area (TPSA) is 14.7 Å². The number of aromatic nitrogens is 1. The van der Waals surface area contributed by atoms with Crippen LogP contribution in [-0.4, -0.2) is 10.6 Å². The predicted molar refractivity (Wildman–Crippen MR) is 290 cm³/mol. The summed E-state index contributed by atoms with van der Waals surface area (Å²) in [6.07, 6.45) is 62.8. The molecule has 0 N–H and O–H groups in total. The Morgan fingerprint density at radius 3 is 2.26 bits per heavy atom. The minimum absolute atomic E-state index is 0.297. The Balaban J connectivity index is 0.848. The van der Waals surface area contributed by atoms with E-state index >= 15 is 0 Å². The van der Waals surface area contributed by atoms with Crippen LogP contribution in [-0.2, 0) is 6.42 Å². The Morgan fingerprint density at radius 2 is 1.44 bits per heavy atom. The molecule has 4 heteroatoms. The lowest BCUT2D eigenvalue weighted by molar-refractivity contribution is 0.495. The number of allylic oxidation sites excluding steroid dienone is 22. The molecule has 1 aliphatic heterocycles. The number of hydrogen-bond acceptors (Lipinski definition) is 3. The summed E-state index contributed by atoms with van der Waals surface area (Å²) >= 11 is 0. The molecule has 0 saturated carbocycles. The van der Waals surface area contributed by atoms with E-state index in [4.69, 9.17) is 0 Å². The van der Waals surface area contributed by atoms with Crippen molar-refractivity contribution < 1.29 is 0 Å². The van der Waals surface area contributed by atoms with Crippen LogP contribution in [0.5, 0.6) is 0 Å². The minimum Gasteiger partial charge on any atom is -0.337 e. The first-order chi connectivity index (χ1) is 33.6. The molecule has 0 amide bonds. The average molecular weight is 887 g/mol. The summed E-state index contributed by atoms with van der Waals surface area (Å²) in [5.74, 6) is 1.70. The highest BCUT2D eigenvalue weighted by molar-refractivity contribution is 5.99. The molecule has 8 aliphatic rings. The fourth-order valence-electron chi connectivity index (χ4n) is 11.9. The highest BCUT2D eigenvalue weighted by atomic mass is 15.2. The largest absolute Gasteiger partial charge is 0.337 e. The maximum atomic E-state index is 2.65. The van der Waals surface area contributed by atoms with Crippen LogP contribution in [0.1, 0.15) is 93.5 Å². The lowest BCUT2D eigenvalue weighted by Crippen LogP contribution is -2.45. The first-order valence-electron chi connectivity index (χ1n) is 25.4.